The Balaban J connectivity index is 1.45. The van der Waals surface area contributed by atoms with Crippen LogP contribution in [0.3, 0.4) is 0 Å². The number of hydrogen-bond acceptors (Lipinski definition) is 5. The molecule has 4 rings (SSSR count). The number of halogens is 3. The quantitative estimate of drug-likeness (QED) is 0.614. The van der Waals surface area contributed by atoms with Gasteiger partial charge in [-0.15, -0.1) is 11.3 Å². The lowest BCUT2D eigenvalue weighted by atomic mass is 10.0. The third kappa shape index (κ3) is 3.42. The van der Waals surface area contributed by atoms with Gasteiger partial charge < -0.3 is 4.74 Å². The maximum absolute atomic E-state index is 13.1. The molecular formula is C19H15F3N2O3S. The van der Waals surface area contributed by atoms with E-state index >= 15 is 0 Å². The van der Waals surface area contributed by atoms with Gasteiger partial charge in [-0.2, -0.15) is 13.2 Å². The van der Waals surface area contributed by atoms with E-state index in [9.17, 15) is 22.8 Å². The van der Waals surface area contributed by atoms with Crippen LogP contribution in [-0.4, -0.2) is 15.4 Å². The maximum atomic E-state index is 13.1. The zero-order valence-electron chi connectivity index (χ0n) is 14.7. The number of hydrogen-bond donors (Lipinski definition) is 0. The van der Waals surface area contributed by atoms with Crippen molar-refractivity contribution in [3.05, 3.63) is 68.6 Å². The Morgan fingerprint density at radius 2 is 2.11 bits per heavy atom. The highest BCUT2D eigenvalue weighted by molar-refractivity contribution is 7.15. The molecule has 2 heterocycles. The van der Waals surface area contributed by atoms with Crippen molar-refractivity contribution in [1.82, 2.24) is 9.38 Å². The molecule has 0 radical (unpaired) electrons. The number of carbonyl (C=O) groups excluding carboxylic acids is 1. The molecule has 0 spiro atoms. The van der Waals surface area contributed by atoms with E-state index in [4.69, 9.17) is 4.74 Å². The van der Waals surface area contributed by atoms with E-state index in [0.29, 0.717) is 17.1 Å². The minimum Gasteiger partial charge on any atom is -0.459 e. The molecule has 1 saturated carbocycles. The predicted octanol–water partition coefficient (Wildman–Crippen LogP) is 3.93. The van der Waals surface area contributed by atoms with Crippen LogP contribution in [0, 0.1) is 12.8 Å². The van der Waals surface area contributed by atoms with E-state index in [1.54, 1.807) is 12.3 Å². The minimum absolute atomic E-state index is 0.115. The number of aromatic nitrogens is 2. The molecule has 146 valence electrons. The van der Waals surface area contributed by atoms with Crippen LogP contribution in [0.2, 0.25) is 0 Å². The van der Waals surface area contributed by atoms with Crippen molar-refractivity contribution >= 4 is 22.3 Å². The second-order valence-corrected chi connectivity index (χ2v) is 7.56. The number of aryl methyl sites for hydroxylation is 1. The Morgan fingerprint density at radius 1 is 1.36 bits per heavy atom. The largest absolute Gasteiger partial charge is 0.459 e. The van der Waals surface area contributed by atoms with Crippen molar-refractivity contribution in [2.75, 3.05) is 0 Å². The molecule has 0 unspecified atom stereocenters. The van der Waals surface area contributed by atoms with Crippen molar-refractivity contribution in [3.63, 3.8) is 0 Å². The first-order chi connectivity index (χ1) is 13.3. The molecule has 1 fully saturated rings. The van der Waals surface area contributed by atoms with Gasteiger partial charge in [0, 0.05) is 17.1 Å². The van der Waals surface area contributed by atoms with Crippen LogP contribution < -0.4 is 5.56 Å². The Morgan fingerprint density at radius 3 is 2.86 bits per heavy atom. The van der Waals surface area contributed by atoms with Gasteiger partial charge in [-0.05, 0) is 30.9 Å². The fraction of sp³-hybridized carbons (Fsp3) is 0.316. The van der Waals surface area contributed by atoms with Crippen molar-refractivity contribution in [2.45, 2.75) is 32.0 Å². The molecule has 2 atom stereocenters. The molecule has 1 aromatic carbocycles. The molecule has 0 aliphatic heterocycles. The van der Waals surface area contributed by atoms with Crippen LogP contribution in [0.5, 0.6) is 0 Å². The summed E-state index contributed by atoms with van der Waals surface area (Å²) in [6.45, 7) is 1.60. The second-order valence-electron chi connectivity index (χ2n) is 6.72. The minimum atomic E-state index is -4.46. The summed E-state index contributed by atoms with van der Waals surface area (Å²) in [6, 6.07) is 6.57. The zero-order chi connectivity index (χ0) is 20.1. The molecular weight excluding hydrogens is 393 g/mol. The average molecular weight is 408 g/mol. The topological polar surface area (TPSA) is 60.7 Å². The fourth-order valence-corrected chi connectivity index (χ4v) is 4.20. The first kappa shape index (κ1) is 18.7. The Labute approximate surface area is 161 Å². The van der Waals surface area contributed by atoms with E-state index in [1.165, 1.54) is 40.0 Å². The molecule has 9 heteroatoms. The molecule has 28 heavy (non-hydrogen) atoms. The number of thiazole rings is 1. The summed E-state index contributed by atoms with van der Waals surface area (Å²) in [5, 5.41) is 1.80. The van der Waals surface area contributed by atoms with Crippen LogP contribution >= 0.6 is 11.3 Å². The molecule has 0 saturated heterocycles. The van der Waals surface area contributed by atoms with Crippen LogP contribution in [0.15, 0.2) is 40.5 Å². The molecule has 3 aromatic rings. The van der Waals surface area contributed by atoms with Gasteiger partial charge in [0.2, 0.25) is 0 Å². The van der Waals surface area contributed by atoms with Crippen molar-refractivity contribution in [2.24, 2.45) is 5.92 Å². The molecule has 1 aliphatic carbocycles. The van der Waals surface area contributed by atoms with Crippen LogP contribution in [0.25, 0.3) is 4.96 Å². The van der Waals surface area contributed by atoms with E-state index < -0.39 is 29.5 Å². The summed E-state index contributed by atoms with van der Waals surface area (Å²) in [7, 11) is 0. The Hall–Kier alpha value is -2.68. The molecule has 5 nitrogen and oxygen atoms in total. The summed E-state index contributed by atoms with van der Waals surface area (Å²) < 4.78 is 46.1. The molecule has 1 aliphatic rings. The monoisotopic (exact) mass is 408 g/mol. The summed E-state index contributed by atoms with van der Waals surface area (Å²) >= 11 is 1.30. The van der Waals surface area contributed by atoms with Gasteiger partial charge in [-0.25, -0.2) is 4.98 Å². The van der Waals surface area contributed by atoms with Gasteiger partial charge in [0.05, 0.1) is 17.2 Å². The first-order valence-electron chi connectivity index (χ1n) is 8.55. The van der Waals surface area contributed by atoms with Crippen LogP contribution in [0.1, 0.15) is 34.9 Å². The van der Waals surface area contributed by atoms with Gasteiger partial charge in [0.25, 0.3) is 5.56 Å². The number of nitrogens with zero attached hydrogens (tertiary/aromatic N) is 2. The average Bonchev–Trinajstić information content (AvgIpc) is 3.36. The van der Waals surface area contributed by atoms with E-state index in [2.05, 4.69) is 4.98 Å². The number of carbonyl (C=O) groups is 1. The van der Waals surface area contributed by atoms with E-state index in [-0.39, 0.29) is 17.7 Å². The van der Waals surface area contributed by atoms with Crippen molar-refractivity contribution in [3.8, 4) is 0 Å². The molecule has 0 N–H and O–H groups in total. The SMILES string of the molecule is Cc1csc2nc(COC(=O)[C@@H]3C[C@H]3c3ccccc3C(F)(F)F)cc(=O)n12. The number of rotatable bonds is 4. The van der Waals surface area contributed by atoms with Gasteiger partial charge >= 0.3 is 12.1 Å². The summed E-state index contributed by atoms with van der Waals surface area (Å²) in [4.78, 5) is 29.2. The number of benzene rings is 1. The molecule has 0 amide bonds. The second kappa shape index (κ2) is 6.73. The third-order valence-electron chi connectivity index (χ3n) is 4.75. The molecule has 2 aromatic heterocycles. The van der Waals surface area contributed by atoms with Crippen molar-refractivity contribution < 1.29 is 22.7 Å². The van der Waals surface area contributed by atoms with Gasteiger partial charge in [-0.1, -0.05) is 18.2 Å². The lowest BCUT2D eigenvalue weighted by Gasteiger charge is -2.12. The number of esters is 1. The lowest BCUT2D eigenvalue weighted by Crippen LogP contribution is -2.17. The van der Waals surface area contributed by atoms with Gasteiger partial charge in [0.1, 0.15) is 6.61 Å². The Bertz CT molecular complexity index is 1120. The highest BCUT2D eigenvalue weighted by Gasteiger charge is 2.48. The summed E-state index contributed by atoms with van der Waals surface area (Å²) in [5.74, 6) is -1.70. The van der Waals surface area contributed by atoms with Crippen LogP contribution in [0.4, 0.5) is 13.2 Å². The standard InChI is InChI=1S/C19H15F3N2O3S/c1-10-9-28-18-23-11(6-16(25)24(10)18)8-27-17(26)14-7-13(14)12-4-2-3-5-15(12)19(20,21)22/h2-6,9,13-14H,7-8H2,1H3/t13-,14+/m0/s1. The highest BCUT2D eigenvalue weighted by Crippen LogP contribution is 2.51. The number of fused-ring (bicyclic) bond motifs is 1. The van der Waals surface area contributed by atoms with Gasteiger partial charge in [0.15, 0.2) is 4.96 Å². The van der Waals surface area contributed by atoms with E-state index in [1.807, 2.05) is 0 Å². The smallest absolute Gasteiger partial charge is 0.416 e. The number of alkyl halides is 3. The van der Waals surface area contributed by atoms with E-state index in [0.717, 1.165) is 11.8 Å². The van der Waals surface area contributed by atoms with Crippen molar-refractivity contribution in [1.29, 1.82) is 0 Å². The van der Waals surface area contributed by atoms with Gasteiger partial charge in [-0.3, -0.25) is 14.0 Å². The predicted molar refractivity (Wildman–Crippen MR) is 96.2 cm³/mol. The number of ether oxygens (including phenoxy) is 1. The third-order valence-corrected chi connectivity index (χ3v) is 5.69. The summed E-state index contributed by atoms with van der Waals surface area (Å²) in [6.07, 6.45) is -4.15. The zero-order valence-corrected chi connectivity index (χ0v) is 15.5. The highest BCUT2D eigenvalue weighted by atomic mass is 32.1. The lowest BCUT2D eigenvalue weighted by molar-refractivity contribution is -0.147. The normalized spacial score (nSPS) is 19.0. The molecule has 0 bridgehead atoms. The van der Waals surface area contributed by atoms with Crippen LogP contribution in [-0.2, 0) is 22.3 Å². The summed E-state index contributed by atoms with van der Waals surface area (Å²) in [5.41, 5.74) is 0.212. The fourth-order valence-electron chi connectivity index (χ4n) is 3.30. The Kier molecular flexibility index (Phi) is 4.49. The maximum Gasteiger partial charge on any atom is 0.416 e. The first-order valence-corrected chi connectivity index (χ1v) is 9.43.